The number of rotatable bonds is 37. The molecule has 52 heavy (non-hydrogen) atoms. The van der Waals surface area contributed by atoms with Crippen LogP contribution in [0.3, 0.4) is 0 Å². The summed E-state index contributed by atoms with van der Waals surface area (Å²) in [4.78, 5) is 13.7. The molecule has 1 rings (SSSR count). The molecule has 304 valence electrons. The van der Waals surface area contributed by atoms with E-state index in [-0.39, 0.29) is 26.4 Å². The van der Waals surface area contributed by atoms with Crippen molar-refractivity contribution in [2.24, 2.45) is 0 Å². The first-order valence-corrected chi connectivity index (χ1v) is 17.0. The second-order valence-electron chi connectivity index (χ2n) is 10.7. The summed E-state index contributed by atoms with van der Waals surface area (Å²) in [5.41, 5.74) is 0. The van der Waals surface area contributed by atoms with Gasteiger partial charge in [0.15, 0.2) is 0 Å². The van der Waals surface area contributed by atoms with Crippen LogP contribution in [-0.4, -0.2) is 177 Å². The Kier molecular flexibility index (Phi) is 30.8. The van der Waals surface area contributed by atoms with Crippen LogP contribution in [0.4, 0.5) is 22.0 Å². The third kappa shape index (κ3) is 25.8. The molecule has 1 aromatic rings. The van der Waals surface area contributed by atoms with Crippen LogP contribution in [0.25, 0.3) is 0 Å². The Hall–Kier alpha value is -2.14. The molecule has 0 heterocycles. The van der Waals surface area contributed by atoms with Crippen LogP contribution < -0.4 is 4.74 Å². The quantitative estimate of drug-likeness (QED) is 0.0245. The second-order valence-corrected chi connectivity index (χ2v) is 10.7. The van der Waals surface area contributed by atoms with E-state index >= 15 is 0 Å². The van der Waals surface area contributed by atoms with Gasteiger partial charge in [-0.2, -0.15) is 8.78 Å². The minimum atomic E-state index is -2.35. The average Bonchev–Trinajstić information content (AvgIpc) is 3.13. The number of benzene rings is 1. The molecule has 0 N–H and O–H groups in total. The average molecular weight is 768 g/mol. The van der Waals surface area contributed by atoms with Gasteiger partial charge in [0.05, 0.1) is 152 Å². The van der Waals surface area contributed by atoms with E-state index < -0.39 is 47.2 Å². The molecule has 0 aliphatic rings. The largest absolute Gasteiger partial charge is 0.420 e. The van der Waals surface area contributed by atoms with Crippen molar-refractivity contribution < 1.29 is 83.6 Å². The van der Waals surface area contributed by atoms with Crippen LogP contribution in [0.1, 0.15) is 6.42 Å². The fourth-order valence-corrected chi connectivity index (χ4v) is 3.54. The maximum absolute atomic E-state index is 13.5. The Morgan fingerprint density at radius 2 is 0.615 bits per heavy atom. The van der Waals surface area contributed by atoms with Crippen molar-refractivity contribution in [3.63, 3.8) is 0 Å². The minimum absolute atomic E-state index is 0.0807. The van der Waals surface area contributed by atoms with Crippen molar-refractivity contribution in [3.05, 3.63) is 29.1 Å². The van der Waals surface area contributed by atoms with Gasteiger partial charge in [-0.15, -0.1) is 0 Å². The van der Waals surface area contributed by atoms with E-state index in [1.807, 2.05) is 14.1 Å². The zero-order valence-corrected chi connectivity index (χ0v) is 30.1. The maximum atomic E-state index is 13.5. The van der Waals surface area contributed by atoms with Gasteiger partial charge >= 0.3 is 5.97 Å². The number of carbonyl (C=O) groups is 1. The molecule has 0 fully saturated rings. The second kappa shape index (κ2) is 33.4. The Morgan fingerprint density at radius 1 is 0.385 bits per heavy atom. The summed E-state index contributed by atoms with van der Waals surface area (Å²) in [7, 11) is 4.00. The predicted octanol–water partition coefficient (Wildman–Crippen LogP) is 2.42. The van der Waals surface area contributed by atoms with E-state index in [0.717, 1.165) is 6.54 Å². The molecular formula is C33H54F5NO13. The summed E-state index contributed by atoms with van der Waals surface area (Å²) < 4.78 is 130. The van der Waals surface area contributed by atoms with Crippen molar-refractivity contribution >= 4 is 5.97 Å². The lowest BCUT2D eigenvalue weighted by Crippen LogP contribution is -2.19. The summed E-state index contributed by atoms with van der Waals surface area (Å²) in [6.07, 6.45) is -0.487. The van der Waals surface area contributed by atoms with E-state index in [2.05, 4.69) is 9.64 Å². The summed E-state index contributed by atoms with van der Waals surface area (Å²) >= 11 is 0. The molecule has 0 aromatic heterocycles. The zero-order chi connectivity index (χ0) is 38.1. The lowest BCUT2D eigenvalue weighted by Gasteiger charge is -2.10. The highest BCUT2D eigenvalue weighted by Crippen LogP contribution is 2.29. The first kappa shape index (κ1) is 47.9. The van der Waals surface area contributed by atoms with Crippen molar-refractivity contribution in [1.82, 2.24) is 4.90 Å². The Bertz CT molecular complexity index is 1000. The van der Waals surface area contributed by atoms with Crippen LogP contribution in [0.2, 0.25) is 0 Å². The molecule has 0 radical (unpaired) electrons. The summed E-state index contributed by atoms with van der Waals surface area (Å²) in [6.45, 7) is 9.62. The van der Waals surface area contributed by atoms with E-state index in [1.165, 1.54) is 0 Å². The molecule has 0 saturated heterocycles. The van der Waals surface area contributed by atoms with Gasteiger partial charge in [-0.1, -0.05) is 0 Å². The monoisotopic (exact) mass is 767 g/mol. The predicted molar refractivity (Wildman–Crippen MR) is 174 cm³/mol. The Balaban J connectivity index is 1.73. The zero-order valence-electron chi connectivity index (χ0n) is 30.1. The van der Waals surface area contributed by atoms with Gasteiger partial charge in [0.1, 0.15) is 0 Å². The molecule has 0 unspecified atom stereocenters. The molecule has 0 amide bonds. The maximum Gasteiger partial charge on any atom is 0.313 e. The summed E-state index contributed by atoms with van der Waals surface area (Å²) in [6, 6.07) is 0. The SMILES string of the molecule is CN(C)CCOCCOCCOCCOCCOCCOCCOCCOCCOCCOCCOCCC(=O)Oc1c(F)c(F)c(F)c(F)c1F. The molecule has 0 spiro atoms. The Morgan fingerprint density at radius 3 is 0.885 bits per heavy atom. The van der Waals surface area contributed by atoms with Gasteiger partial charge in [0.25, 0.3) is 0 Å². The lowest BCUT2D eigenvalue weighted by atomic mass is 10.2. The number of likely N-dealkylation sites (N-methyl/N-ethyl adjacent to an activating group) is 1. The number of halogens is 5. The smallest absolute Gasteiger partial charge is 0.313 e. The van der Waals surface area contributed by atoms with Crippen molar-refractivity contribution in [1.29, 1.82) is 0 Å². The van der Waals surface area contributed by atoms with Crippen LogP contribution in [-0.2, 0) is 56.9 Å². The first-order valence-electron chi connectivity index (χ1n) is 17.0. The standard InChI is InChI=1S/C33H54F5NO13/c1-39(2)4-6-42-8-10-44-12-14-46-16-18-48-20-22-50-24-26-51-25-23-49-21-19-47-17-15-45-13-11-43-9-7-41-5-3-27(40)52-33-31(37)29(35)28(34)30(36)32(33)38/h3-26H2,1-2H3. The number of esters is 1. The van der Waals surface area contributed by atoms with Gasteiger partial charge in [-0.05, 0) is 14.1 Å². The van der Waals surface area contributed by atoms with Crippen molar-refractivity contribution in [2.45, 2.75) is 6.42 Å². The minimum Gasteiger partial charge on any atom is -0.420 e. The van der Waals surface area contributed by atoms with E-state index in [1.54, 1.807) is 0 Å². The highest BCUT2D eigenvalue weighted by molar-refractivity contribution is 5.72. The highest BCUT2D eigenvalue weighted by atomic mass is 19.2. The number of hydrogen-bond acceptors (Lipinski definition) is 14. The van der Waals surface area contributed by atoms with E-state index in [9.17, 15) is 26.7 Å². The lowest BCUT2D eigenvalue weighted by molar-refractivity contribution is -0.136. The topological polar surface area (TPSA) is 131 Å². The van der Waals surface area contributed by atoms with Crippen LogP contribution in [0.5, 0.6) is 5.75 Å². The van der Waals surface area contributed by atoms with Gasteiger partial charge in [-0.25, -0.2) is 13.2 Å². The van der Waals surface area contributed by atoms with Gasteiger partial charge in [-0.3, -0.25) is 4.79 Å². The van der Waals surface area contributed by atoms with Crippen LogP contribution in [0.15, 0.2) is 0 Å². The molecule has 14 nitrogen and oxygen atoms in total. The fraction of sp³-hybridized carbons (Fsp3) is 0.788. The number of nitrogens with zero attached hydrogens (tertiary/aromatic N) is 1. The van der Waals surface area contributed by atoms with Crippen molar-refractivity contribution in [2.75, 3.05) is 166 Å². The number of carbonyl (C=O) groups excluding carboxylic acids is 1. The van der Waals surface area contributed by atoms with Crippen LogP contribution >= 0.6 is 0 Å². The molecule has 0 saturated carbocycles. The Labute approximate surface area is 301 Å². The molecule has 19 heteroatoms. The molecular weight excluding hydrogens is 713 g/mol. The molecule has 0 atom stereocenters. The first-order chi connectivity index (χ1) is 25.3. The number of ether oxygens (including phenoxy) is 12. The summed E-state index contributed by atoms with van der Waals surface area (Å²) in [5.74, 6) is -14.1. The third-order valence-corrected chi connectivity index (χ3v) is 6.24. The molecule has 1 aromatic carbocycles. The van der Waals surface area contributed by atoms with Crippen molar-refractivity contribution in [3.8, 4) is 5.75 Å². The van der Waals surface area contributed by atoms with Gasteiger partial charge in [0, 0.05) is 6.54 Å². The summed E-state index contributed by atoms with van der Waals surface area (Å²) in [5, 5.41) is 0. The molecule has 0 bridgehead atoms. The molecule has 0 aliphatic carbocycles. The normalized spacial score (nSPS) is 11.6. The third-order valence-electron chi connectivity index (χ3n) is 6.24. The van der Waals surface area contributed by atoms with E-state index in [4.69, 9.17) is 52.1 Å². The van der Waals surface area contributed by atoms with E-state index in [0.29, 0.717) is 119 Å². The number of hydrogen-bond donors (Lipinski definition) is 0. The van der Waals surface area contributed by atoms with Crippen LogP contribution in [0, 0.1) is 29.1 Å². The molecule has 0 aliphatic heterocycles. The fourth-order valence-electron chi connectivity index (χ4n) is 3.54. The highest BCUT2D eigenvalue weighted by Gasteiger charge is 2.28. The van der Waals surface area contributed by atoms with Gasteiger partial charge < -0.3 is 61.7 Å². The van der Waals surface area contributed by atoms with Gasteiger partial charge in [0.2, 0.25) is 34.8 Å².